The molecule has 0 aromatic rings. The number of carbonyl (C=O) groups is 3. The first-order chi connectivity index (χ1) is 41.0. The molecule has 0 saturated heterocycles. The fourth-order valence-electron chi connectivity index (χ4n) is 9.74. The summed E-state index contributed by atoms with van der Waals surface area (Å²) >= 11 is 0. The monoisotopic (exact) mass is 1150 g/mol. The summed E-state index contributed by atoms with van der Waals surface area (Å²) in [6.07, 6.45) is 97.9. The summed E-state index contributed by atoms with van der Waals surface area (Å²) in [5.74, 6) is -0.954. The molecule has 1 unspecified atom stereocenters. The molecule has 0 aliphatic rings. The molecule has 0 fully saturated rings. The molecule has 0 radical (unpaired) electrons. The molecule has 0 amide bonds. The van der Waals surface area contributed by atoms with Crippen molar-refractivity contribution in [2.45, 2.75) is 335 Å². The first-order valence-corrected chi connectivity index (χ1v) is 35.0. The Bertz CT molecular complexity index is 1700. The van der Waals surface area contributed by atoms with Crippen molar-refractivity contribution < 1.29 is 28.6 Å². The highest BCUT2D eigenvalue weighted by Gasteiger charge is 2.19. The lowest BCUT2D eigenvalue weighted by Crippen LogP contribution is -2.30. The molecule has 474 valence electrons. The Labute approximate surface area is 513 Å². The second-order valence-electron chi connectivity index (χ2n) is 23.1. The SMILES string of the molecule is CC/C=C\C/C=C\C/C=C\C/C=C\C/C=C\C/C=C\C/C=C\CCCC(=O)OC(COC(=O)CCCCCCCCCCCC/C=C\C/C=C\C/C=C\CCCCCCC)COC(=O)CCCCCCCCCCCCCCCCCCC. The lowest BCUT2D eigenvalue weighted by atomic mass is 10.0. The number of rotatable bonds is 63. The van der Waals surface area contributed by atoms with Gasteiger partial charge in [0.2, 0.25) is 0 Å². The van der Waals surface area contributed by atoms with E-state index in [1.165, 1.54) is 180 Å². The zero-order valence-corrected chi connectivity index (χ0v) is 54.4. The largest absolute Gasteiger partial charge is 0.462 e. The number of carbonyl (C=O) groups excluding carboxylic acids is 3. The molecule has 0 aromatic heterocycles. The van der Waals surface area contributed by atoms with Crippen LogP contribution < -0.4 is 0 Å². The average Bonchev–Trinajstić information content (AvgIpc) is 3.49. The Kier molecular flexibility index (Phi) is 66.7. The third-order valence-corrected chi connectivity index (χ3v) is 15.0. The normalized spacial score (nSPS) is 12.9. The van der Waals surface area contributed by atoms with Crippen molar-refractivity contribution in [3.8, 4) is 0 Å². The summed E-state index contributed by atoms with van der Waals surface area (Å²) in [6, 6.07) is 0. The van der Waals surface area contributed by atoms with Crippen molar-refractivity contribution in [1.29, 1.82) is 0 Å². The summed E-state index contributed by atoms with van der Waals surface area (Å²) in [5, 5.41) is 0. The van der Waals surface area contributed by atoms with Crippen LogP contribution in [0.3, 0.4) is 0 Å². The van der Waals surface area contributed by atoms with Crippen LogP contribution in [0.15, 0.2) is 122 Å². The molecule has 6 nitrogen and oxygen atoms in total. The van der Waals surface area contributed by atoms with E-state index < -0.39 is 6.10 Å². The number of hydrogen-bond donors (Lipinski definition) is 0. The number of hydrogen-bond acceptors (Lipinski definition) is 6. The van der Waals surface area contributed by atoms with Crippen LogP contribution in [0.4, 0.5) is 0 Å². The Hall–Kier alpha value is -4.19. The third-order valence-electron chi connectivity index (χ3n) is 15.0. The number of ether oxygens (including phenoxy) is 3. The fraction of sp³-hybridized carbons (Fsp3) is 0.701. The molecule has 0 aromatic carbocycles. The van der Waals surface area contributed by atoms with Gasteiger partial charge in [0, 0.05) is 19.3 Å². The van der Waals surface area contributed by atoms with Crippen LogP contribution >= 0.6 is 0 Å². The van der Waals surface area contributed by atoms with E-state index in [9.17, 15) is 14.4 Å². The zero-order valence-electron chi connectivity index (χ0n) is 54.4. The molecule has 0 aliphatic heterocycles. The van der Waals surface area contributed by atoms with Crippen molar-refractivity contribution in [2.75, 3.05) is 13.2 Å². The first-order valence-electron chi connectivity index (χ1n) is 35.0. The van der Waals surface area contributed by atoms with Gasteiger partial charge in [-0.05, 0) is 109 Å². The van der Waals surface area contributed by atoms with Crippen molar-refractivity contribution in [3.63, 3.8) is 0 Å². The minimum Gasteiger partial charge on any atom is -0.462 e. The van der Waals surface area contributed by atoms with Crippen molar-refractivity contribution >= 4 is 17.9 Å². The number of esters is 3. The summed E-state index contributed by atoms with van der Waals surface area (Å²) in [5.41, 5.74) is 0. The molecular weight excluding hydrogens is 1020 g/mol. The Morgan fingerprint density at radius 2 is 0.482 bits per heavy atom. The van der Waals surface area contributed by atoms with Gasteiger partial charge in [0.25, 0.3) is 0 Å². The average molecular weight is 1150 g/mol. The molecule has 6 heteroatoms. The molecule has 0 heterocycles. The molecule has 0 N–H and O–H groups in total. The maximum Gasteiger partial charge on any atom is 0.306 e. The lowest BCUT2D eigenvalue weighted by Gasteiger charge is -2.18. The third kappa shape index (κ3) is 68.5. The van der Waals surface area contributed by atoms with Crippen LogP contribution in [-0.4, -0.2) is 37.2 Å². The highest BCUT2D eigenvalue weighted by molar-refractivity contribution is 5.71. The fourth-order valence-corrected chi connectivity index (χ4v) is 9.74. The van der Waals surface area contributed by atoms with Crippen LogP contribution in [0.2, 0.25) is 0 Å². The minimum absolute atomic E-state index is 0.102. The highest BCUT2D eigenvalue weighted by atomic mass is 16.6. The topological polar surface area (TPSA) is 78.9 Å². The van der Waals surface area contributed by atoms with Gasteiger partial charge < -0.3 is 14.2 Å². The quantitative estimate of drug-likeness (QED) is 0.0261. The summed E-state index contributed by atoms with van der Waals surface area (Å²) in [4.78, 5) is 38.5. The number of allylic oxidation sites excluding steroid dienone is 20. The Balaban J connectivity index is 4.46. The van der Waals surface area contributed by atoms with E-state index in [1.807, 2.05) is 0 Å². The van der Waals surface area contributed by atoms with Gasteiger partial charge >= 0.3 is 17.9 Å². The molecule has 1 atom stereocenters. The Morgan fingerprint density at radius 1 is 0.253 bits per heavy atom. The van der Waals surface area contributed by atoms with Gasteiger partial charge in [-0.15, -0.1) is 0 Å². The van der Waals surface area contributed by atoms with Crippen molar-refractivity contribution in [3.05, 3.63) is 122 Å². The van der Waals surface area contributed by atoms with Crippen molar-refractivity contribution in [2.24, 2.45) is 0 Å². The molecule has 0 spiro atoms. The van der Waals surface area contributed by atoms with Gasteiger partial charge in [-0.3, -0.25) is 14.4 Å². The smallest absolute Gasteiger partial charge is 0.306 e. The Morgan fingerprint density at radius 3 is 0.771 bits per heavy atom. The van der Waals surface area contributed by atoms with E-state index in [-0.39, 0.29) is 37.5 Å². The van der Waals surface area contributed by atoms with E-state index in [1.54, 1.807) is 0 Å². The van der Waals surface area contributed by atoms with E-state index in [2.05, 4.69) is 142 Å². The molecular formula is C77H130O6. The van der Waals surface area contributed by atoms with Gasteiger partial charge in [0.1, 0.15) is 13.2 Å². The predicted octanol–water partition coefficient (Wildman–Crippen LogP) is 24.3. The van der Waals surface area contributed by atoms with Crippen LogP contribution in [0.1, 0.15) is 329 Å². The van der Waals surface area contributed by atoms with Gasteiger partial charge in [-0.2, -0.15) is 0 Å². The van der Waals surface area contributed by atoms with E-state index in [4.69, 9.17) is 14.2 Å². The van der Waals surface area contributed by atoms with E-state index >= 15 is 0 Å². The summed E-state index contributed by atoms with van der Waals surface area (Å²) in [6.45, 7) is 6.50. The van der Waals surface area contributed by atoms with E-state index in [0.717, 1.165) is 103 Å². The van der Waals surface area contributed by atoms with Crippen LogP contribution in [0, 0.1) is 0 Å². The van der Waals surface area contributed by atoms with Gasteiger partial charge in [-0.25, -0.2) is 0 Å². The van der Waals surface area contributed by atoms with Crippen LogP contribution in [-0.2, 0) is 28.6 Å². The van der Waals surface area contributed by atoms with E-state index in [0.29, 0.717) is 19.3 Å². The van der Waals surface area contributed by atoms with Crippen LogP contribution in [0.5, 0.6) is 0 Å². The standard InChI is InChI=1S/C77H130O6/c1-4-7-10-13-16-19-22-25-28-31-33-35-37-38-40-41-43-46-49-52-55-58-61-64-67-70-76(79)82-73-74(72-81-75(78)69-66-63-60-57-54-51-48-45-30-27-24-21-18-15-12-9-6-3)83-77(80)71-68-65-62-59-56-53-50-47-44-42-39-36-34-32-29-26-23-20-17-14-11-8-5-2/h8,11,17,20,22,25-26,29,31,33-34,36-38,42,44,50,53,59,62,74H,4-7,9-10,12-16,18-19,21,23-24,27-28,30,32,35,39-41,43,45-49,51-52,54-58,60-61,63-73H2,1-3H3/b11-8-,20-17-,25-22-,29-26-,33-31-,36-34-,38-37-,44-42-,53-50-,62-59-. The van der Waals surface area contributed by atoms with Gasteiger partial charge in [0.15, 0.2) is 6.10 Å². The lowest BCUT2D eigenvalue weighted by molar-refractivity contribution is -0.167. The minimum atomic E-state index is -0.814. The van der Waals surface area contributed by atoms with Crippen LogP contribution in [0.25, 0.3) is 0 Å². The number of unbranched alkanes of at least 4 members (excludes halogenated alkanes) is 32. The second-order valence-corrected chi connectivity index (χ2v) is 23.1. The molecule has 0 rings (SSSR count). The first kappa shape index (κ1) is 78.8. The molecule has 0 aliphatic carbocycles. The molecule has 0 bridgehead atoms. The summed E-state index contributed by atoms with van der Waals surface area (Å²) < 4.78 is 16.9. The van der Waals surface area contributed by atoms with Crippen molar-refractivity contribution in [1.82, 2.24) is 0 Å². The zero-order chi connectivity index (χ0) is 59.9. The van der Waals surface area contributed by atoms with Gasteiger partial charge in [-0.1, -0.05) is 322 Å². The molecule has 0 saturated carbocycles. The summed E-state index contributed by atoms with van der Waals surface area (Å²) in [7, 11) is 0. The predicted molar refractivity (Wildman–Crippen MR) is 362 cm³/mol. The molecule has 83 heavy (non-hydrogen) atoms. The maximum absolute atomic E-state index is 12.9. The second kappa shape index (κ2) is 70.3. The highest BCUT2D eigenvalue weighted by Crippen LogP contribution is 2.17. The maximum atomic E-state index is 12.9. The van der Waals surface area contributed by atoms with Gasteiger partial charge in [0.05, 0.1) is 0 Å².